The first-order chi connectivity index (χ1) is 14.5. The lowest BCUT2D eigenvalue weighted by Gasteiger charge is -2.25. The van der Waals surface area contributed by atoms with Crippen LogP contribution in [-0.4, -0.2) is 35.9 Å². The van der Waals surface area contributed by atoms with Crippen molar-refractivity contribution in [3.05, 3.63) is 58.4 Å². The third-order valence-corrected chi connectivity index (χ3v) is 6.45. The molecule has 3 rings (SSSR count). The number of anilines is 1. The monoisotopic (exact) mass is 462 g/mol. The molecule has 0 bridgehead atoms. The van der Waals surface area contributed by atoms with Gasteiger partial charge in [-0.3, -0.25) is 10.1 Å². The highest BCUT2D eigenvalue weighted by Crippen LogP contribution is 2.35. The average molecular weight is 463 g/mol. The molecule has 0 unspecified atom stereocenters. The van der Waals surface area contributed by atoms with Crippen LogP contribution in [0, 0.1) is 0 Å². The Kier molecular flexibility index (Phi) is 8.04. The fraction of sp³-hybridized carbons (Fsp3) is 0.273. The number of unbranched alkanes of at least 4 members (excludes halogenated alkanes) is 1. The molecule has 0 aliphatic rings. The summed E-state index contributed by atoms with van der Waals surface area (Å²) in [6.07, 6.45) is 1.37. The van der Waals surface area contributed by atoms with Crippen molar-refractivity contribution in [3.63, 3.8) is 0 Å². The summed E-state index contributed by atoms with van der Waals surface area (Å²) in [5.74, 6) is 0.438. The lowest BCUT2D eigenvalue weighted by molar-refractivity contribution is 0.0981. The van der Waals surface area contributed by atoms with E-state index in [9.17, 15) is 4.79 Å². The van der Waals surface area contributed by atoms with E-state index in [1.165, 1.54) is 11.3 Å². The van der Waals surface area contributed by atoms with Crippen LogP contribution in [-0.2, 0) is 0 Å². The maximum Gasteiger partial charge on any atom is 0.269 e. The Morgan fingerprint density at radius 3 is 2.60 bits per heavy atom. The number of fused-ring (bicyclic) bond motifs is 1. The largest absolute Gasteiger partial charge is 0.494 e. The fourth-order valence-corrected chi connectivity index (χ4v) is 4.70. The molecule has 8 heteroatoms. The number of ether oxygens (including phenoxy) is 1. The summed E-state index contributed by atoms with van der Waals surface area (Å²) in [7, 11) is 0. The van der Waals surface area contributed by atoms with E-state index >= 15 is 0 Å². The summed E-state index contributed by atoms with van der Waals surface area (Å²) in [4.78, 5) is 15.2. The van der Waals surface area contributed by atoms with Gasteiger partial charge in [0.1, 0.15) is 10.6 Å². The molecule has 0 saturated carbocycles. The predicted octanol–water partition coefficient (Wildman–Crippen LogP) is 5.25. The van der Waals surface area contributed by atoms with E-state index in [1.54, 1.807) is 0 Å². The zero-order chi connectivity index (χ0) is 21.5. The first kappa shape index (κ1) is 22.5. The molecule has 2 aromatic carbocycles. The van der Waals surface area contributed by atoms with Crippen LogP contribution in [0.15, 0.2) is 48.5 Å². The van der Waals surface area contributed by atoms with E-state index in [-0.39, 0.29) is 17.6 Å². The Morgan fingerprint density at radius 1 is 1.20 bits per heavy atom. The minimum atomic E-state index is -0.329. The van der Waals surface area contributed by atoms with Gasteiger partial charge in [0.25, 0.3) is 5.91 Å². The van der Waals surface area contributed by atoms with Crippen molar-refractivity contribution in [2.45, 2.75) is 19.8 Å². The predicted molar refractivity (Wildman–Crippen MR) is 128 cm³/mol. The fourth-order valence-electron chi connectivity index (χ4n) is 3.00. The molecule has 1 aromatic heterocycles. The molecule has 0 fully saturated rings. The number of carbonyl (C=O) groups excluding carboxylic acids is 1. The molecule has 3 aromatic rings. The van der Waals surface area contributed by atoms with Gasteiger partial charge in [0.15, 0.2) is 5.11 Å². The number of nitrogens with zero attached hydrogens (tertiary/aromatic N) is 1. The summed E-state index contributed by atoms with van der Waals surface area (Å²) in [5, 5.41) is 13.5. The second-order valence-corrected chi connectivity index (χ2v) is 8.33. The standard InChI is InChI=1S/C22H23ClN2O3S2/c1-2-28-16-11-9-15(10-12-16)25(13-5-6-14-26)22(29)24-21(27)20-19(23)17-7-3-4-8-18(17)30-20/h3-4,7-12,26H,2,5-6,13-14H2,1H3,(H,24,27,29). The van der Waals surface area contributed by atoms with Crippen LogP contribution in [0.3, 0.4) is 0 Å². The number of hydrogen-bond donors (Lipinski definition) is 2. The highest BCUT2D eigenvalue weighted by atomic mass is 35.5. The van der Waals surface area contributed by atoms with Gasteiger partial charge in [-0.25, -0.2) is 0 Å². The van der Waals surface area contributed by atoms with Crippen molar-refractivity contribution in [2.75, 3.05) is 24.7 Å². The summed E-state index contributed by atoms with van der Waals surface area (Å²) in [5.41, 5.74) is 0.837. The SMILES string of the molecule is CCOc1ccc(N(CCCCO)C(=S)NC(=O)c2sc3ccccc3c2Cl)cc1. The molecule has 2 N–H and O–H groups in total. The molecule has 0 spiro atoms. The number of aliphatic hydroxyl groups excluding tert-OH is 1. The van der Waals surface area contributed by atoms with Gasteiger partial charge < -0.3 is 14.7 Å². The smallest absolute Gasteiger partial charge is 0.269 e. The van der Waals surface area contributed by atoms with Gasteiger partial charge >= 0.3 is 0 Å². The molecular formula is C22H23ClN2O3S2. The van der Waals surface area contributed by atoms with E-state index in [1.807, 2.05) is 60.4 Å². The number of amides is 1. The molecule has 0 aliphatic heterocycles. The molecule has 30 heavy (non-hydrogen) atoms. The normalized spacial score (nSPS) is 10.8. The second kappa shape index (κ2) is 10.7. The average Bonchev–Trinajstić information content (AvgIpc) is 3.09. The van der Waals surface area contributed by atoms with Crippen LogP contribution >= 0.6 is 35.2 Å². The first-order valence-corrected chi connectivity index (χ1v) is 11.3. The molecule has 0 radical (unpaired) electrons. The van der Waals surface area contributed by atoms with Gasteiger partial charge in [0, 0.05) is 28.9 Å². The second-order valence-electron chi connectivity index (χ2n) is 6.51. The van der Waals surface area contributed by atoms with Gasteiger partial charge in [0.05, 0.1) is 11.6 Å². The quantitative estimate of drug-likeness (QED) is 0.353. The number of carbonyl (C=O) groups is 1. The Balaban J connectivity index is 1.79. The number of thiocarbonyl (C=S) groups is 1. The Bertz CT molecular complexity index is 1020. The van der Waals surface area contributed by atoms with Crippen molar-refractivity contribution in [1.82, 2.24) is 5.32 Å². The maximum absolute atomic E-state index is 12.9. The molecular weight excluding hydrogens is 440 g/mol. The van der Waals surface area contributed by atoms with Gasteiger partial charge in [-0.05, 0) is 62.3 Å². The van der Waals surface area contributed by atoms with Gasteiger partial charge in [-0.2, -0.15) is 0 Å². The Morgan fingerprint density at radius 2 is 1.93 bits per heavy atom. The number of halogens is 1. The van der Waals surface area contributed by atoms with Crippen molar-refractivity contribution in [1.29, 1.82) is 0 Å². The number of benzene rings is 2. The Labute approximate surface area is 190 Å². The Hall–Kier alpha value is -2.19. The molecule has 1 amide bonds. The lowest BCUT2D eigenvalue weighted by Crippen LogP contribution is -2.43. The number of thiophene rings is 1. The number of hydrogen-bond acceptors (Lipinski definition) is 5. The molecule has 0 saturated heterocycles. The molecule has 0 atom stereocenters. The van der Waals surface area contributed by atoms with Crippen LogP contribution in [0.1, 0.15) is 29.4 Å². The zero-order valence-corrected chi connectivity index (χ0v) is 18.9. The van der Waals surface area contributed by atoms with Gasteiger partial charge in [0.2, 0.25) is 0 Å². The van der Waals surface area contributed by atoms with E-state index < -0.39 is 0 Å². The minimum absolute atomic E-state index is 0.105. The first-order valence-electron chi connectivity index (χ1n) is 9.68. The van der Waals surface area contributed by atoms with E-state index in [0.717, 1.165) is 27.9 Å². The van der Waals surface area contributed by atoms with Crippen LogP contribution in [0.2, 0.25) is 5.02 Å². The highest BCUT2D eigenvalue weighted by molar-refractivity contribution is 7.80. The summed E-state index contributed by atoms with van der Waals surface area (Å²) < 4.78 is 6.45. The maximum atomic E-state index is 12.9. The van der Waals surface area contributed by atoms with Crippen LogP contribution < -0.4 is 15.0 Å². The van der Waals surface area contributed by atoms with Crippen molar-refractivity contribution >= 4 is 61.9 Å². The summed E-state index contributed by atoms with van der Waals surface area (Å²) >= 11 is 13.3. The topological polar surface area (TPSA) is 61.8 Å². The van der Waals surface area contributed by atoms with Crippen LogP contribution in [0.5, 0.6) is 5.75 Å². The number of nitrogens with one attached hydrogen (secondary N) is 1. The zero-order valence-electron chi connectivity index (χ0n) is 16.6. The lowest BCUT2D eigenvalue weighted by atomic mass is 10.2. The number of aliphatic hydroxyl groups is 1. The third-order valence-electron chi connectivity index (χ3n) is 4.46. The van der Waals surface area contributed by atoms with E-state index in [4.69, 9.17) is 33.7 Å². The van der Waals surface area contributed by atoms with Crippen LogP contribution in [0.25, 0.3) is 10.1 Å². The van der Waals surface area contributed by atoms with E-state index in [0.29, 0.717) is 29.5 Å². The number of rotatable bonds is 8. The van der Waals surface area contributed by atoms with Gasteiger partial charge in [-0.1, -0.05) is 29.8 Å². The third kappa shape index (κ3) is 5.29. The van der Waals surface area contributed by atoms with E-state index in [2.05, 4.69) is 5.32 Å². The van der Waals surface area contributed by atoms with Crippen molar-refractivity contribution < 1.29 is 14.6 Å². The van der Waals surface area contributed by atoms with Gasteiger partial charge in [-0.15, -0.1) is 11.3 Å². The van der Waals surface area contributed by atoms with Crippen LogP contribution in [0.4, 0.5) is 5.69 Å². The highest BCUT2D eigenvalue weighted by Gasteiger charge is 2.20. The summed E-state index contributed by atoms with van der Waals surface area (Å²) in [6, 6.07) is 15.2. The molecule has 158 valence electrons. The molecule has 5 nitrogen and oxygen atoms in total. The molecule has 0 aliphatic carbocycles. The van der Waals surface area contributed by atoms with Crippen molar-refractivity contribution in [2.24, 2.45) is 0 Å². The van der Waals surface area contributed by atoms with Crippen molar-refractivity contribution in [3.8, 4) is 5.75 Å². The molecule has 1 heterocycles. The summed E-state index contributed by atoms with van der Waals surface area (Å²) in [6.45, 7) is 3.18. The minimum Gasteiger partial charge on any atom is -0.494 e.